The van der Waals surface area contributed by atoms with Crippen LogP contribution in [-0.2, 0) is 48.1 Å². The molecule has 0 aliphatic carbocycles. The van der Waals surface area contributed by atoms with Crippen molar-refractivity contribution in [1.82, 2.24) is 0 Å². The summed E-state index contributed by atoms with van der Waals surface area (Å²) in [7, 11) is 0. The first-order valence-electron chi connectivity index (χ1n) is 28.5. The first-order valence-corrected chi connectivity index (χ1v) is 28.5. The Labute approximate surface area is 412 Å². The maximum Gasteiger partial charge on any atom is 0.306 e. The molecule has 0 radical (unpaired) electrons. The number of ether oxygens (including phenoxy) is 3. The second-order valence-corrected chi connectivity index (χ2v) is 19.6. The van der Waals surface area contributed by atoms with Crippen molar-refractivity contribution < 1.29 is 48.1 Å². The largest absolute Gasteiger partial charge is 0.462 e. The van der Waals surface area contributed by atoms with Gasteiger partial charge in [-0.2, -0.15) is 0 Å². The zero-order valence-corrected chi connectivity index (χ0v) is 46.6. The van der Waals surface area contributed by atoms with Gasteiger partial charge in [0.25, 0.3) is 0 Å². The minimum atomic E-state index is -0.760. The van der Waals surface area contributed by atoms with Gasteiger partial charge in [0.15, 0.2) is 6.10 Å². The van der Waals surface area contributed by atoms with Crippen LogP contribution < -0.4 is 0 Å². The van der Waals surface area contributed by atoms with Crippen molar-refractivity contribution in [1.29, 1.82) is 0 Å². The molecule has 0 unspecified atom stereocenters. The van der Waals surface area contributed by atoms with Gasteiger partial charge in [-0.15, -0.1) is 0 Å². The fourth-order valence-corrected chi connectivity index (χ4v) is 8.80. The van der Waals surface area contributed by atoms with Gasteiger partial charge in [0, 0.05) is 38.7 Å². The molecule has 0 atom stereocenters. The van der Waals surface area contributed by atoms with Crippen LogP contribution in [0.25, 0.3) is 0 Å². The van der Waals surface area contributed by atoms with E-state index in [-0.39, 0.29) is 50.6 Å². The van der Waals surface area contributed by atoms with Gasteiger partial charge >= 0.3 is 17.9 Å². The average molecular weight is 957 g/mol. The Kier molecular flexibility index (Phi) is 57.3. The number of hydrogen-bond donors (Lipinski definition) is 0. The molecule has 0 aromatic rings. The van der Waals surface area contributed by atoms with Crippen LogP contribution in [0.4, 0.5) is 0 Å². The van der Waals surface area contributed by atoms with Crippen LogP contribution in [0.3, 0.4) is 0 Å². The van der Waals surface area contributed by atoms with Crippen LogP contribution >= 0.6 is 0 Å². The summed E-state index contributed by atoms with van der Waals surface area (Å²) < 4.78 is 16.9. The van der Waals surface area contributed by atoms with Crippen molar-refractivity contribution in [3.8, 4) is 0 Å². The number of rotatable bonds is 53. The molecule has 376 valence electrons. The van der Waals surface area contributed by atoms with Gasteiger partial charge in [-0.05, 0) is 19.3 Å². The zero-order chi connectivity index (χ0) is 45.8. The Morgan fingerprint density at radius 2 is 0.438 bits per heavy atom. The molecule has 0 spiro atoms. The van der Waals surface area contributed by atoms with Crippen LogP contribution in [-0.4, -0.2) is 37.2 Å². The molecule has 0 aliphatic heterocycles. The van der Waals surface area contributed by atoms with Crippen LogP contribution in [0.5, 0.6) is 0 Å². The Hall–Kier alpha value is -0.967. The van der Waals surface area contributed by atoms with E-state index in [2.05, 4.69) is 20.8 Å². The summed E-state index contributed by atoms with van der Waals surface area (Å²) >= 11 is 0. The zero-order valence-electron chi connectivity index (χ0n) is 43.6. The predicted octanol–water partition coefficient (Wildman–Crippen LogP) is 18.8. The Morgan fingerprint density at radius 1 is 0.266 bits per heavy atom. The van der Waals surface area contributed by atoms with Crippen molar-refractivity contribution in [2.45, 2.75) is 335 Å². The molecule has 0 aliphatic rings. The van der Waals surface area contributed by atoms with E-state index in [0.717, 1.165) is 57.8 Å². The Morgan fingerprint density at radius 3 is 0.641 bits per heavy atom. The van der Waals surface area contributed by atoms with Crippen LogP contribution in [0.15, 0.2) is 0 Å². The molecule has 0 rings (SSSR count). The van der Waals surface area contributed by atoms with Crippen molar-refractivity contribution in [3.05, 3.63) is 0 Å². The van der Waals surface area contributed by atoms with Gasteiger partial charge in [0.1, 0.15) is 13.2 Å². The molecule has 0 amide bonds. The Balaban J connectivity index is 0. The molecular formula is C57H110O6Zn. The smallest absolute Gasteiger partial charge is 0.306 e. The predicted molar refractivity (Wildman–Crippen MR) is 270 cm³/mol. The van der Waals surface area contributed by atoms with Crippen molar-refractivity contribution in [3.63, 3.8) is 0 Å². The van der Waals surface area contributed by atoms with Gasteiger partial charge in [0.05, 0.1) is 0 Å². The number of hydrogen-bond acceptors (Lipinski definition) is 6. The number of unbranched alkanes of at least 4 members (excludes halogenated alkanes) is 42. The molecule has 0 N–H and O–H groups in total. The van der Waals surface area contributed by atoms with Crippen LogP contribution in [0.1, 0.15) is 329 Å². The van der Waals surface area contributed by atoms with Gasteiger partial charge in [-0.1, -0.05) is 290 Å². The van der Waals surface area contributed by atoms with Crippen LogP contribution in [0.2, 0.25) is 0 Å². The summed E-state index contributed by atoms with van der Waals surface area (Å²) in [6, 6.07) is 0. The quantitative estimate of drug-likeness (QED) is 0.0262. The molecule has 0 heterocycles. The maximum absolute atomic E-state index is 12.8. The normalized spacial score (nSPS) is 11.2. The molecule has 0 aromatic carbocycles. The van der Waals surface area contributed by atoms with Gasteiger partial charge in [-0.3, -0.25) is 14.4 Å². The SMILES string of the molecule is CCCCCCCCCCCCCCCCCC(=O)OCC(COC(=O)CCCCCCCCCCCCCCCCC)OC(=O)CCCCCCCCCCCCCCCCC.[Zn]. The summed E-state index contributed by atoms with van der Waals surface area (Å²) in [5, 5.41) is 0. The summed E-state index contributed by atoms with van der Waals surface area (Å²) in [5.74, 6) is -0.832. The molecule has 0 saturated heterocycles. The fraction of sp³-hybridized carbons (Fsp3) is 0.947. The summed E-state index contributed by atoms with van der Waals surface area (Å²) in [4.78, 5) is 38.1. The van der Waals surface area contributed by atoms with Gasteiger partial charge < -0.3 is 14.2 Å². The van der Waals surface area contributed by atoms with E-state index < -0.39 is 6.10 Å². The van der Waals surface area contributed by atoms with Crippen LogP contribution in [0, 0.1) is 0 Å². The molecular weight excluding hydrogens is 846 g/mol. The molecule has 0 saturated carbocycles. The van der Waals surface area contributed by atoms with Gasteiger partial charge in [0.2, 0.25) is 0 Å². The van der Waals surface area contributed by atoms with Crippen molar-refractivity contribution in [2.75, 3.05) is 13.2 Å². The van der Waals surface area contributed by atoms with E-state index in [0.29, 0.717) is 19.3 Å². The van der Waals surface area contributed by atoms with E-state index in [1.807, 2.05) is 0 Å². The third kappa shape index (κ3) is 53.6. The molecule has 0 fully saturated rings. The van der Waals surface area contributed by atoms with E-state index in [1.165, 1.54) is 231 Å². The number of carbonyl (C=O) groups is 3. The minimum Gasteiger partial charge on any atom is -0.462 e. The first-order chi connectivity index (χ1) is 31.0. The van der Waals surface area contributed by atoms with E-state index >= 15 is 0 Å². The number of carbonyl (C=O) groups excluding carboxylic acids is 3. The summed E-state index contributed by atoms with van der Waals surface area (Å²) in [5.41, 5.74) is 0. The summed E-state index contributed by atoms with van der Waals surface area (Å²) in [6.45, 7) is 6.71. The maximum atomic E-state index is 12.8. The topological polar surface area (TPSA) is 78.9 Å². The third-order valence-corrected chi connectivity index (χ3v) is 13.1. The van der Waals surface area contributed by atoms with Crippen molar-refractivity contribution in [2.24, 2.45) is 0 Å². The average Bonchev–Trinajstić information content (AvgIpc) is 3.28. The standard InChI is InChI=1S/C57H110O6.Zn/c1-4-7-10-13-16-19-22-25-28-31-34-37-40-43-46-49-55(58)61-52-54(63-57(60)51-48-45-42-39-36-33-30-27-24-21-18-15-12-9-6-3)53-62-56(59)50-47-44-41-38-35-32-29-26-23-20-17-14-11-8-5-2;/h54H,4-53H2,1-3H3;. The van der Waals surface area contributed by atoms with Crippen molar-refractivity contribution >= 4 is 17.9 Å². The number of esters is 3. The molecule has 0 aromatic heterocycles. The molecule has 0 bridgehead atoms. The van der Waals surface area contributed by atoms with Gasteiger partial charge in [-0.25, -0.2) is 0 Å². The summed E-state index contributed by atoms with van der Waals surface area (Å²) in [6.07, 6.45) is 58.0. The van der Waals surface area contributed by atoms with E-state index in [4.69, 9.17) is 14.2 Å². The van der Waals surface area contributed by atoms with E-state index in [9.17, 15) is 14.4 Å². The molecule has 6 nitrogen and oxygen atoms in total. The minimum absolute atomic E-state index is 0. The third-order valence-electron chi connectivity index (χ3n) is 13.1. The first kappa shape index (κ1) is 65.1. The van der Waals surface area contributed by atoms with E-state index in [1.54, 1.807) is 0 Å². The Bertz CT molecular complexity index is 893. The molecule has 7 heteroatoms. The fourth-order valence-electron chi connectivity index (χ4n) is 8.80. The second-order valence-electron chi connectivity index (χ2n) is 19.6. The monoisotopic (exact) mass is 955 g/mol. The second kappa shape index (κ2) is 56.4. The molecule has 64 heavy (non-hydrogen) atoms.